The van der Waals surface area contributed by atoms with Crippen LogP contribution in [0.2, 0.25) is 0 Å². The zero-order chi connectivity index (χ0) is 18.8. The number of anilines is 1. The minimum absolute atomic E-state index is 0.387. The second-order valence-electron chi connectivity index (χ2n) is 6.20. The SMILES string of the molecule is CCOc1ccc(OCC)c(NC(N)=NCC2CCCN2CCOC)c1. The van der Waals surface area contributed by atoms with E-state index in [4.69, 9.17) is 19.9 Å². The van der Waals surface area contributed by atoms with Crippen molar-refractivity contribution in [2.45, 2.75) is 32.7 Å². The van der Waals surface area contributed by atoms with Crippen LogP contribution in [0.25, 0.3) is 0 Å². The molecule has 1 heterocycles. The number of rotatable bonds is 10. The first kappa shape index (κ1) is 20.3. The Morgan fingerprint density at radius 3 is 2.85 bits per heavy atom. The Hall–Kier alpha value is -1.99. The predicted octanol–water partition coefficient (Wildman–Crippen LogP) is 2.32. The summed E-state index contributed by atoms with van der Waals surface area (Å²) in [5, 5.41) is 3.16. The zero-order valence-electron chi connectivity index (χ0n) is 16.2. The van der Waals surface area contributed by atoms with E-state index < -0.39 is 0 Å². The highest BCUT2D eigenvalue weighted by Crippen LogP contribution is 2.29. The first-order valence-electron chi connectivity index (χ1n) is 9.37. The van der Waals surface area contributed by atoms with Crippen molar-refractivity contribution in [1.29, 1.82) is 0 Å². The fraction of sp³-hybridized carbons (Fsp3) is 0.632. The monoisotopic (exact) mass is 364 g/mol. The Balaban J connectivity index is 1.99. The van der Waals surface area contributed by atoms with Gasteiger partial charge in [-0.15, -0.1) is 0 Å². The predicted molar refractivity (Wildman–Crippen MR) is 105 cm³/mol. The van der Waals surface area contributed by atoms with Gasteiger partial charge in [-0.05, 0) is 45.4 Å². The van der Waals surface area contributed by atoms with Crippen molar-refractivity contribution in [2.75, 3.05) is 51.9 Å². The maximum absolute atomic E-state index is 6.12. The molecule has 0 saturated carbocycles. The molecule has 0 aromatic heterocycles. The number of methoxy groups -OCH3 is 1. The molecule has 1 aliphatic rings. The molecule has 2 rings (SSSR count). The first-order chi connectivity index (χ1) is 12.7. The van der Waals surface area contributed by atoms with Crippen molar-refractivity contribution in [3.05, 3.63) is 18.2 Å². The molecular formula is C19H32N4O3. The lowest BCUT2D eigenvalue weighted by Crippen LogP contribution is -2.35. The van der Waals surface area contributed by atoms with E-state index >= 15 is 0 Å². The van der Waals surface area contributed by atoms with Crippen LogP contribution in [-0.4, -0.2) is 63.5 Å². The molecule has 1 saturated heterocycles. The number of ether oxygens (including phenoxy) is 3. The molecule has 1 fully saturated rings. The van der Waals surface area contributed by atoms with Crippen molar-refractivity contribution in [3.8, 4) is 11.5 Å². The molecule has 0 aliphatic carbocycles. The molecule has 0 bridgehead atoms. The first-order valence-corrected chi connectivity index (χ1v) is 9.37. The smallest absolute Gasteiger partial charge is 0.193 e. The maximum atomic E-state index is 6.12. The molecule has 7 nitrogen and oxygen atoms in total. The molecule has 1 aromatic rings. The summed E-state index contributed by atoms with van der Waals surface area (Å²) in [6, 6.07) is 6.08. The summed E-state index contributed by atoms with van der Waals surface area (Å²) in [6.07, 6.45) is 2.34. The molecule has 0 spiro atoms. The van der Waals surface area contributed by atoms with Crippen molar-refractivity contribution in [3.63, 3.8) is 0 Å². The fourth-order valence-electron chi connectivity index (χ4n) is 3.13. The Labute approximate surface area is 156 Å². The third-order valence-corrected chi connectivity index (χ3v) is 4.38. The molecule has 146 valence electrons. The number of aliphatic imine (C=N–C) groups is 1. The van der Waals surface area contributed by atoms with Gasteiger partial charge in [0, 0.05) is 25.8 Å². The van der Waals surface area contributed by atoms with Gasteiger partial charge in [-0.25, -0.2) is 0 Å². The summed E-state index contributed by atoms with van der Waals surface area (Å²) in [5.41, 5.74) is 6.88. The topological polar surface area (TPSA) is 81.3 Å². The van der Waals surface area contributed by atoms with Crippen molar-refractivity contribution in [1.82, 2.24) is 4.90 Å². The van der Waals surface area contributed by atoms with Gasteiger partial charge in [-0.3, -0.25) is 9.89 Å². The molecule has 1 aromatic carbocycles. The van der Waals surface area contributed by atoms with Crippen LogP contribution >= 0.6 is 0 Å². The van der Waals surface area contributed by atoms with E-state index in [1.807, 2.05) is 32.0 Å². The molecule has 1 unspecified atom stereocenters. The van der Waals surface area contributed by atoms with Crippen LogP contribution < -0.4 is 20.5 Å². The van der Waals surface area contributed by atoms with E-state index in [9.17, 15) is 0 Å². The summed E-state index contributed by atoms with van der Waals surface area (Å²) >= 11 is 0. The average molecular weight is 364 g/mol. The maximum Gasteiger partial charge on any atom is 0.193 e. The molecule has 0 radical (unpaired) electrons. The largest absolute Gasteiger partial charge is 0.494 e. The second kappa shape index (κ2) is 10.9. The average Bonchev–Trinajstić information content (AvgIpc) is 3.08. The number of nitrogens with zero attached hydrogens (tertiary/aromatic N) is 2. The van der Waals surface area contributed by atoms with Crippen molar-refractivity contribution in [2.24, 2.45) is 10.7 Å². The number of hydrogen-bond acceptors (Lipinski definition) is 5. The third-order valence-electron chi connectivity index (χ3n) is 4.38. The molecular weight excluding hydrogens is 332 g/mol. The standard InChI is InChI=1S/C19H32N4O3/c1-4-25-16-8-9-18(26-5-2)17(13-16)22-19(20)21-14-15-7-6-10-23(15)11-12-24-3/h8-9,13,15H,4-7,10-12,14H2,1-3H3,(H3,20,21,22). The van der Waals surface area contributed by atoms with Gasteiger partial charge in [-0.1, -0.05) is 0 Å². The van der Waals surface area contributed by atoms with Crippen LogP contribution in [0.4, 0.5) is 5.69 Å². The molecule has 0 amide bonds. The van der Waals surface area contributed by atoms with E-state index in [0.29, 0.717) is 31.8 Å². The lowest BCUT2D eigenvalue weighted by molar-refractivity contribution is 0.143. The second-order valence-corrected chi connectivity index (χ2v) is 6.20. The highest BCUT2D eigenvalue weighted by Gasteiger charge is 2.23. The number of guanidine groups is 1. The van der Waals surface area contributed by atoms with Crippen molar-refractivity contribution < 1.29 is 14.2 Å². The van der Waals surface area contributed by atoms with Gasteiger partial charge in [0.1, 0.15) is 11.5 Å². The number of nitrogens with one attached hydrogen (secondary N) is 1. The van der Waals surface area contributed by atoms with Gasteiger partial charge in [0.25, 0.3) is 0 Å². The van der Waals surface area contributed by atoms with Crippen LogP contribution in [-0.2, 0) is 4.74 Å². The summed E-state index contributed by atoms with van der Waals surface area (Å²) < 4.78 is 16.4. The van der Waals surface area contributed by atoms with E-state index in [1.54, 1.807) is 7.11 Å². The lowest BCUT2D eigenvalue weighted by Gasteiger charge is -2.22. The van der Waals surface area contributed by atoms with Crippen LogP contribution in [0.5, 0.6) is 11.5 Å². The van der Waals surface area contributed by atoms with E-state index in [0.717, 1.165) is 43.3 Å². The Morgan fingerprint density at radius 2 is 2.12 bits per heavy atom. The van der Waals surface area contributed by atoms with Gasteiger partial charge in [0.2, 0.25) is 0 Å². The molecule has 7 heteroatoms. The van der Waals surface area contributed by atoms with Gasteiger partial charge in [-0.2, -0.15) is 0 Å². The van der Waals surface area contributed by atoms with Crippen molar-refractivity contribution >= 4 is 11.6 Å². The summed E-state index contributed by atoms with van der Waals surface area (Å²) in [6.45, 7) is 8.55. The molecule has 26 heavy (non-hydrogen) atoms. The number of likely N-dealkylation sites (tertiary alicyclic amines) is 1. The minimum atomic E-state index is 0.387. The summed E-state index contributed by atoms with van der Waals surface area (Å²) in [7, 11) is 1.73. The Kier molecular flexibility index (Phi) is 8.50. The summed E-state index contributed by atoms with van der Waals surface area (Å²) in [5.74, 6) is 1.89. The normalized spacial score (nSPS) is 18.1. The highest BCUT2D eigenvalue weighted by molar-refractivity contribution is 5.94. The van der Waals surface area contributed by atoms with Crippen LogP contribution in [0.3, 0.4) is 0 Å². The van der Waals surface area contributed by atoms with Gasteiger partial charge < -0.3 is 25.3 Å². The fourth-order valence-corrected chi connectivity index (χ4v) is 3.13. The Bertz CT molecular complexity index is 580. The number of benzene rings is 1. The minimum Gasteiger partial charge on any atom is -0.494 e. The van der Waals surface area contributed by atoms with E-state index in [-0.39, 0.29) is 0 Å². The van der Waals surface area contributed by atoms with Crippen LogP contribution in [0.1, 0.15) is 26.7 Å². The highest BCUT2D eigenvalue weighted by atomic mass is 16.5. The number of nitrogens with two attached hydrogens (primary N) is 1. The van der Waals surface area contributed by atoms with E-state index in [1.165, 1.54) is 6.42 Å². The van der Waals surface area contributed by atoms with Gasteiger partial charge in [0.15, 0.2) is 5.96 Å². The number of hydrogen-bond donors (Lipinski definition) is 2. The molecule has 1 atom stereocenters. The van der Waals surface area contributed by atoms with Gasteiger partial charge >= 0.3 is 0 Å². The molecule has 3 N–H and O–H groups in total. The molecule has 1 aliphatic heterocycles. The van der Waals surface area contributed by atoms with Crippen LogP contribution in [0.15, 0.2) is 23.2 Å². The lowest BCUT2D eigenvalue weighted by atomic mass is 10.2. The van der Waals surface area contributed by atoms with Gasteiger partial charge in [0.05, 0.1) is 32.1 Å². The van der Waals surface area contributed by atoms with Crippen LogP contribution in [0, 0.1) is 0 Å². The summed E-state index contributed by atoms with van der Waals surface area (Å²) in [4.78, 5) is 6.96. The third kappa shape index (κ3) is 6.07. The van der Waals surface area contributed by atoms with E-state index in [2.05, 4.69) is 15.2 Å². The Morgan fingerprint density at radius 1 is 1.31 bits per heavy atom. The zero-order valence-corrected chi connectivity index (χ0v) is 16.2. The quantitative estimate of drug-likeness (QED) is 0.490.